The molecule has 0 aliphatic heterocycles. The highest BCUT2D eigenvalue weighted by atomic mass is 35.6. The van der Waals surface area contributed by atoms with Gasteiger partial charge in [0.1, 0.15) is 12.4 Å². The minimum Gasteiger partial charge on any atom is -0.491 e. The van der Waals surface area contributed by atoms with Crippen LogP contribution >= 0.6 is 69.6 Å². The largest absolute Gasteiger partial charge is 0.491 e. The van der Waals surface area contributed by atoms with Gasteiger partial charge >= 0.3 is 0 Å². The summed E-state index contributed by atoms with van der Waals surface area (Å²) in [6.07, 6.45) is 0. The first-order valence-electron chi connectivity index (χ1n) is 6.36. The highest BCUT2D eigenvalue weighted by Crippen LogP contribution is 2.40. The molecule has 11 heteroatoms. The molecule has 0 unspecified atom stereocenters. The zero-order chi connectivity index (χ0) is 18.0. The van der Waals surface area contributed by atoms with Gasteiger partial charge in [-0.25, -0.2) is 15.0 Å². The van der Waals surface area contributed by atoms with Crippen molar-refractivity contribution in [3.63, 3.8) is 0 Å². The summed E-state index contributed by atoms with van der Waals surface area (Å²) in [5, 5.41) is 8.75. The molecule has 0 saturated heterocycles. The molecule has 0 saturated carbocycles. The molecule has 1 aromatic carbocycles. The minimum absolute atomic E-state index is 0.0889. The summed E-state index contributed by atoms with van der Waals surface area (Å²) in [6.45, 7) is 0.0916. The lowest BCUT2D eigenvalue weighted by Crippen LogP contribution is -2.16. The van der Waals surface area contributed by atoms with E-state index in [4.69, 9.17) is 79.4 Å². The highest BCUT2D eigenvalue weighted by Gasteiger charge is 2.33. The van der Waals surface area contributed by atoms with Crippen LogP contribution in [0, 0.1) is 0 Å². The topological polar surface area (TPSA) is 68.1 Å². The minimum atomic E-state index is -1.91. The number of rotatable bonds is 4. The van der Waals surface area contributed by atoms with Crippen LogP contribution in [0.4, 0.5) is 0 Å². The number of halogens is 6. The molecule has 1 aromatic heterocycles. The average molecular weight is 452 g/mol. The van der Waals surface area contributed by atoms with Crippen LogP contribution in [-0.4, -0.2) is 33.3 Å². The lowest BCUT2D eigenvalue weighted by atomic mass is 10.2. The van der Waals surface area contributed by atoms with Gasteiger partial charge < -0.3 is 9.84 Å². The molecule has 0 atom stereocenters. The number of aliphatic hydroxyl groups excluding tert-OH is 1. The highest BCUT2D eigenvalue weighted by molar-refractivity contribution is 6.67. The monoisotopic (exact) mass is 449 g/mol. The van der Waals surface area contributed by atoms with Crippen molar-refractivity contribution in [3.05, 3.63) is 35.9 Å². The second kappa shape index (κ2) is 7.96. The predicted molar refractivity (Wildman–Crippen MR) is 96.3 cm³/mol. The van der Waals surface area contributed by atoms with Gasteiger partial charge in [0.05, 0.1) is 6.61 Å². The van der Waals surface area contributed by atoms with Gasteiger partial charge in [-0.05, 0) is 24.3 Å². The van der Waals surface area contributed by atoms with Crippen LogP contribution in [0.3, 0.4) is 0 Å². The molecule has 2 rings (SSSR count). The summed E-state index contributed by atoms with van der Waals surface area (Å²) in [5.74, 6) is 0.394. The first-order valence-corrected chi connectivity index (χ1v) is 8.62. The van der Waals surface area contributed by atoms with Crippen LogP contribution in [0.1, 0.15) is 11.6 Å². The van der Waals surface area contributed by atoms with E-state index in [0.29, 0.717) is 11.3 Å². The Morgan fingerprint density at radius 3 is 1.75 bits per heavy atom. The molecular formula is C13H9Cl6N3O2. The Morgan fingerprint density at radius 2 is 1.33 bits per heavy atom. The molecule has 24 heavy (non-hydrogen) atoms. The van der Waals surface area contributed by atoms with E-state index in [9.17, 15) is 0 Å². The molecule has 0 fully saturated rings. The summed E-state index contributed by atoms with van der Waals surface area (Å²) in [7, 11) is 0. The Balaban J connectivity index is 2.45. The third-order valence-electron chi connectivity index (χ3n) is 2.62. The van der Waals surface area contributed by atoms with Crippen molar-refractivity contribution in [1.82, 2.24) is 15.0 Å². The maximum Gasteiger partial charge on any atom is 0.250 e. The van der Waals surface area contributed by atoms with Crippen molar-refractivity contribution >= 4 is 69.6 Å². The summed E-state index contributed by atoms with van der Waals surface area (Å²) < 4.78 is 1.45. The van der Waals surface area contributed by atoms with E-state index in [0.717, 1.165) is 0 Å². The Kier molecular flexibility index (Phi) is 6.65. The van der Waals surface area contributed by atoms with E-state index in [2.05, 4.69) is 15.0 Å². The van der Waals surface area contributed by atoms with Crippen LogP contribution in [0.15, 0.2) is 24.3 Å². The van der Waals surface area contributed by atoms with Gasteiger partial charge in [0, 0.05) is 5.56 Å². The van der Waals surface area contributed by atoms with Gasteiger partial charge in [-0.1, -0.05) is 69.6 Å². The maximum absolute atomic E-state index is 8.75. The van der Waals surface area contributed by atoms with Crippen molar-refractivity contribution in [3.8, 4) is 17.1 Å². The molecule has 130 valence electrons. The smallest absolute Gasteiger partial charge is 0.250 e. The van der Waals surface area contributed by atoms with E-state index >= 15 is 0 Å². The van der Waals surface area contributed by atoms with Crippen molar-refractivity contribution in [1.29, 1.82) is 0 Å². The number of ether oxygens (including phenoxy) is 1. The molecule has 0 radical (unpaired) electrons. The molecule has 1 heterocycles. The first kappa shape index (κ1) is 20.0. The lowest BCUT2D eigenvalue weighted by molar-refractivity contribution is 0.201. The zero-order valence-electron chi connectivity index (χ0n) is 11.7. The van der Waals surface area contributed by atoms with E-state index in [1.807, 2.05) is 0 Å². The fourth-order valence-electron chi connectivity index (χ4n) is 1.62. The molecule has 0 spiro atoms. The molecule has 1 N–H and O–H groups in total. The van der Waals surface area contributed by atoms with Crippen molar-refractivity contribution in [2.75, 3.05) is 13.2 Å². The third-order valence-corrected chi connectivity index (χ3v) is 3.63. The van der Waals surface area contributed by atoms with Gasteiger partial charge in [0.25, 0.3) is 0 Å². The molecule has 0 bridgehead atoms. The van der Waals surface area contributed by atoms with E-state index in [1.165, 1.54) is 0 Å². The second-order valence-electron chi connectivity index (χ2n) is 4.40. The number of benzene rings is 1. The van der Waals surface area contributed by atoms with Gasteiger partial charge in [0.2, 0.25) is 7.59 Å². The summed E-state index contributed by atoms with van der Waals surface area (Å²) in [5.41, 5.74) is 0.569. The predicted octanol–water partition coefficient (Wildman–Crippen LogP) is 4.56. The molecule has 2 aromatic rings. The molecular weight excluding hydrogens is 443 g/mol. The van der Waals surface area contributed by atoms with Gasteiger partial charge in [-0.2, -0.15) is 0 Å². The second-order valence-corrected chi connectivity index (χ2v) is 8.96. The lowest BCUT2D eigenvalue weighted by Gasteiger charge is -2.15. The Labute approximate surface area is 167 Å². The van der Waals surface area contributed by atoms with Crippen LogP contribution in [0.5, 0.6) is 5.75 Å². The fraction of sp³-hybridized carbons (Fsp3) is 0.308. The van der Waals surface area contributed by atoms with E-state index in [1.54, 1.807) is 24.3 Å². The zero-order valence-corrected chi connectivity index (χ0v) is 16.2. The molecule has 0 aliphatic rings. The Bertz CT molecular complexity index is 668. The number of aliphatic hydroxyl groups is 1. The normalized spacial score (nSPS) is 12.3. The van der Waals surface area contributed by atoms with Crippen molar-refractivity contribution in [2.24, 2.45) is 0 Å². The standard InChI is InChI=1S/C13H9Cl6N3O2/c14-12(15,16)10-20-9(21-11(22-10)13(17,18)19)7-1-3-8(4-2-7)24-6-5-23/h1-4,23H,5-6H2. The molecule has 5 nitrogen and oxygen atoms in total. The maximum atomic E-state index is 8.75. The third kappa shape index (κ3) is 5.36. The fourth-order valence-corrected chi connectivity index (χ4v) is 2.13. The van der Waals surface area contributed by atoms with E-state index in [-0.39, 0.29) is 30.7 Å². The number of alkyl halides is 6. The van der Waals surface area contributed by atoms with Crippen LogP contribution in [-0.2, 0) is 7.59 Å². The van der Waals surface area contributed by atoms with Crippen LogP contribution in [0.25, 0.3) is 11.4 Å². The summed E-state index contributed by atoms with van der Waals surface area (Å²) in [4.78, 5) is 12.1. The Morgan fingerprint density at radius 1 is 0.833 bits per heavy atom. The van der Waals surface area contributed by atoms with Crippen molar-refractivity contribution < 1.29 is 9.84 Å². The van der Waals surface area contributed by atoms with Crippen LogP contribution < -0.4 is 4.74 Å². The molecule has 0 amide bonds. The number of hydrogen-bond acceptors (Lipinski definition) is 5. The van der Waals surface area contributed by atoms with Gasteiger partial charge in [0.15, 0.2) is 17.5 Å². The average Bonchev–Trinajstić information content (AvgIpc) is 2.51. The quantitative estimate of drug-likeness (QED) is 0.690. The van der Waals surface area contributed by atoms with Crippen LogP contribution in [0.2, 0.25) is 0 Å². The summed E-state index contributed by atoms with van der Waals surface area (Å²) >= 11 is 35.0. The SMILES string of the molecule is OCCOc1ccc(-c2nc(C(Cl)(Cl)Cl)nc(C(Cl)(Cl)Cl)n2)cc1. The summed E-state index contributed by atoms with van der Waals surface area (Å²) in [6, 6.07) is 6.68. The van der Waals surface area contributed by atoms with Gasteiger partial charge in [-0.15, -0.1) is 0 Å². The van der Waals surface area contributed by atoms with Gasteiger partial charge in [-0.3, -0.25) is 0 Å². The number of aromatic nitrogens is 3. The number of hydrogen-bond donors (Lipinski definition) is 1. The first-order chi connectivity index (χ1) is 11.1. The molecule has 0 aliphatic carbocycles. The van der Waals surface area contributed by atoms with Crippen molar-refractivity contribution in [2.45, 2.75) is 7.59 Å². The van der Waals surface area contributed by atoms with E-state index < -0.39 is 7.59 Å². The Hall–Kier alpha value is -0.270. The number of nitrogens with zero attached hydrogens (tertiary/aromatic N) is 3.